The summed E-state index contributed by atoms with van der Waals surface area (Å²) in [6.45, 7) is 5.37. The third-order valence-electron chi connectivity index (χ3n) is 3.04. The molecule has 5 nitrogen and oxygen atoms in total. The van der Waals surface area contributed by atoms with E-state index < -0.39 is 12.0 Å². The number of phenolic OH excluding ortho intramolecular Hbond substituents is 1. The van der Waals surface area contributed by atoms with Gasteiger partial charge in [-0.3, -0.25) is 0 Å². The number of benzene rings is 1. The van der Waals surface area contributed by atoms with E-state index in [0.717, 1.165) is 5.56 Å². The lowest BCUT2D eigenvalue weighted by Gasteiger charge is -2.30. The molecule has 0 aromatic heterocycles. The van der Waals surface area contributed by atoms with Gasteiger partial charge in [0.15, 0.2) is 5.11 Å². The van der Waals surface area contributed by atoms with Gasteiger partial charge in [-0.15, -0.1) is 0 Å². The second-order valence-corrected chi connectivity index (χ2v) is 5.53. The van der Waals surface area contributed by atoms with Crippen molar-refractivity contribution in [2.24, 2.45) is 0 Å². The van der Waals surface area contributed by atoms with Gasteiger partial charge in [0.2, 0.25) is 0 Å². The largest absolute Gasteiger partial charge is 0.508 e. The van der Waals surface area contributed by atoms with Crippen molar-refractivity contribution in [1.82, 2.24) is 10.6 Å². The minimum Gasteiger partial charge on any atom is -0.508 e. The minimum atomic E-state index is -0.447. The van der Waals surface area contributed by atoms with E-state index >= 15 is 0 Å². The summed E-state index contributed by atoms with van der Waals surface area (Å²) in [5.41, 5.74) is 1.86. The Bertz CT molecular complexity index is 611. The Morgan fingerprint density at radius 2 is 2.14 bits per heavy atom. The van der Waals surface area contributed by atoms with Gasteiger partial charge in [0.25, 0.3) is 0 Å². The summed E-state index contributed by atoms with van der Waals surface area (Å²) in [5, 5.41) is 16.0. The average molecular weight is 306 g/mol. The van der Waals surface area contributed by atoms with Crippen LogP contribution < -0.4 is 10.6 Å². The van der Waals surface area contributed by atoms with Gasteiger partial charge >= 0.3 is 5.97 Å². The molecule has 3 N–H and O–H groups in total. The number of rotatable bonds is 3. The highest BCUT2D eigenvalue weighted by atomic mass is 32.1. The molecule has 112 valence electrons. The summed E-state index contributed by atoms with van der Waals surface area (Å²) in [4.78, 5) is 12.3. The molecule has 0 saturated carbocycles. The number of phenols is 1. The monoisotopic (exact) mass is 306 g/mol. The van der Waals surface area contributed by atoms with Gasteiger partial charge in [0.1, 0.15) is 5.75 Å². The van der Waals surface area contributed by atoms with Gasteiger partial charge in [-0.1, -0.05) is 12.1 Å². The first-order valence-corrected chi connectivity index (χ1v) is 7.07. The topological polar surface area (TPSA) is 70.6 Å². The van der Waals surface area contributed by atoms with Gasteiger partial charge in [0.05, 0.1) is 17.7 Å². The Balaban J connectivity index is 2.43. The van der Waals surface area contributed by atoms with Crippen LogP contribution in [0.3, 0.4) is 0 Å². The van der Waals surface area contributed by atoms with Crippen LogP contribution in [0.4, 0.5) is 0 Å². The molecule has 0 fully saturated rings. The lowest BCUT2D eigenvalue weighted by molar-refractivity contribution is -0.143. The first-order valence-electron chi connectivity index (χ1n) is 6.66. The minimum absolute atomic E-state index is 0.132. The Morgan fingerprint density at radius 3 is 2.76 bits per heavy atom. The van der Waals surface area contributed by atoms with E-state index in [1.807, 2.05) is 6.07 Å². The van der Waals surface area contributed by atoms with Crippen LogP contribution >= 0.6 is 12.2 Å². The number of aromatic hydroxyl groups is 1. The fraction of sp³-hybridized carbons (Fsp3) is 0.333. The van der Waals surface area contributed by atoms with Crippen LogP contribution in [0.5, 0.6) is 5.75 Å². The first kappa shape index (κ1) is 15.3. The van der Waals surface area contributed by atoms with E-state index in [1.54, 1.807) is 39.0 Å². The molecule has 2 rings (SSSR count). The molecule has 6 heteroatoms. The molecule has 1 aromatic carbocycles. The maximum Gasteiger partial charge on any atom is 0.338 e. The lowest BCUT2D eigenvalue weighted by atomic mass is 9.95. The van der Waals surface area contributed by atoms with Crippen molar-refractivity contribution in [2.45, 2.75) is 32.9 Å². The number of hydrogen-bond donors (Lipinski definition) is 3. The predicted molar refractivity (Wildman–Crippen MR) is 83.6 cm³/mol. The standard InChI is InChI=1S/C15H18N2O3S/c1-8(2)20-14(19)12-9(3)16-15(21)17-13(12)10-5-4-6-11(18)7-10/h4-8,13,18H,1-3H3,(H2,16,17,21). The molecule has 0 bridgehead atoms. The van der Waals surface area contributed by atoms with E-state index in [1.165, 1.54) is 0 Å². The van der Waals surface area contributed by atoms with E-state index in [0.29, 0.717) is 16.4 Å². The highest BCUT2D eigenvalue weighted by Gasteiger charge is 2.31. The van der Waals surface area contributed by atoms with Gasteiger partial charge in [0, 0.05) is 5.70 Å². The quantitative estimate of drug-likeness (QED) is 0.587. The number of nitrogens with one attached hydrogen (secondary N) is 2. The Kier molecular flexibility index (Phi) is 4.47. The number of esters is 1. The molecule has 0 amide bonds. The molecule has 1 aliphatic heterocycles. The van der Waals surface area contributed by atoms with Gasteiger partial charge in [-0.05, 0) is 50.7 Å². The van der Waals surface area contributed by atoms with Crippen LogP contribution in [0.1, 0.15) is 32.4 Å². The summed E-state index contributed by atoms with van der Waals surface area (Å²) in [6.07, 6.45) is -0.212. The van der Waals surface area contributed by atoms with Crippen molar-refractivity contribution in [3.63, 3.8) is 0 Å². The Labute approximate surface area is 129 Å². The molecule has 1 aliphatic rings. The van der Waals surface area contributed by atoms with Crippen molar-refractivity contribution >= 4 is 23.3 Å². The third kappa shape index (κ3) is 3.52. The Morgan fingerprint density at radius 1 is 1.43 bits per heavy atom. The normalized spacial score (nSPS) is 18.3. The maximum atomic E-state index is 12.3. The average Bonchev–Trinajstić information content (AvgIpc) is 2.36. The molecular weight excluding hydrogens is 288 g/mol. The summed E-state index contributed by atoms with van der Waals surface area (Å²) in [6, 6.07) is 6.27. The smallest absolute Gasteiger partial charge is 0.338 e. The van der Waals surface area contributed by atoms with Crippen LogP contribution in [-0.2, 0) is 9.53 Å². The second-order valence-electron chi connectivity index (χ2n) is 5.12. The number of thiocarbonyl (C=S) groups is 1. The molecule has 1 aromatic rings. The van der Waals surface area contributed by atoms with E-state index in [4.69, 9.17) is 17.0 Å². The van der Waals surface area contributed by atoms with Crippen molar-refractivity contribution < 1.29 is 14.6 Å². The number of ether oxygens (including phenoxy) is 1. The molecule has 0 radical (unpaired) electrons. The number of carbonyl (C=O) groups is 1. The highest BCUT2D eigenvalue weighted by Crippen LogP contribution is 2.29. The van der Waals surface area contributed by atoms with Crippen LogP contribution in [0.2, 0.25) is 0 Å². The SMILES string of the molecule is CC1=C(C(=O)OC(C)C)C(c2cccc(O)c2)NC(=S)N1. The molecular formula is C15H18N2O3S. The van der Waals surface area contributed by atoms with Gasteiger partial charge in [-0.25, -0.2) is 4.79 Å². The van der Waals surface area contributed by atoms with E-state index in [2.05, 4.69) is 10.6 Å². The molecule has 21 heavy (non-hydrogen) atoms. The Hall–Kier alpha value is -2.08. The first-order chi connectivity index (χ1) is 9.88. The molecule has 0 aliphatic carbocycles. The van der Waals surface area contributed by atoms with Crippen molar-refractivity contribution in [3.05, 3.63) is 41.1 Å². The van der Waals surface area contributed by atoms with Crippen molar-refractivity contribution in [2.75, 3.05) is 0 Å². The predicted octanol–water partition coefficient (Wildman–Crippen LogP) is 2.14. The zero-order chi connectivity index (χ0) is 15.6. The van der Waals surface area contributed by atoms with Crippen LogP contribution in [0, 0.1) is 0 Å². The fourth-order valence-corrected chi connectivity index (χ4v) is 2.47. The zero-order valence-electron chi connectivity index (χ0n) is 12.1. The van der Waals surface area contributed by atoms with Gasteiger partial charge < -0.3 is 20.5 Å². The molecule has 1 heterocycles. The molecule has 1 unspecified atom stereocenters. The fourth-order valence-electron chi connectivity index (χ4n) is 2.20. The maximum absolute atomic E-state index is 12.3. The molecule has 0 saturated heterocycles. The summed E-state index contributed by atoms with van der Waals surface area (Å²) >= 11 is 5.15. The van der Waals surface area contributed by atoms with Gasteiger partial charge in [-0.2, -0.15) is 0 Å². The number of hydrogen-bond acceptors (Lipinski definition) is 4. The van der Waals surface area contributed by atoms with Crippen LogP contribution in [0.15, 0.2) is 35.5 Å². The van der Waals surface area contributed by atoms with E-state index in [-0.39, 0.29) is 11.9 Å². The lowest BCUT2D eigenvalue weighted by Crippen LogP contribution is -2.45. The summed E-state index contributed by atoms with van der Waals surface area (Å²) < 4.78 is 5.29. The summed E-state index contributed by atoms with van der Waals surface area (Å²) in [7, 11) is 0. The highest BCUT2D eigenvalue weighted by molar-refractivity contribution is 7.80. The zero-order valence-corrected chi connectivity index (χ0v) is 13.0. The van der Waals surface area contributed by atoms with E-state index in [9.17, 15) is 9.90 Å². The van der Waals surface area contributed by atoms with Crippen molar-refractivity contribution in [1.29, 1.82) is 0 Å². The third-order valence-corrected chi connectivity index (χ3v) is 3.26. The second kappa shape index (κ2) is 6.13. The van der Waals surface area contributed by atoms with Crippen molar-refractivity contribution in [3.8, 4) is 5.75 Å². The molecule has 0 spiro atoms. The number of carbonyl (C=O) groups excluding carboxylic acids is 1. The van der Waals surface area contributed by atoms with Crippen LogP contribution in [-0.4, -0.2) is 22.3 Å². The summed E-state index contributed by atoms with van der Waals surface area (Å²) in [5.74, 6) is -0.272. The molecule has 1 atom stereocenters. The number of allylic oxidation sites excluding steroid dienone is 1. The van der Waals surface area contributed by atoms with Crippen LogP contribution in [0.25, 0.3) is 0 Å².